The fourth-order valence-corrected chi connectivity index (χ4v) is 5.18. The van der Waals surface area contributed by atoms with Crippen LogP contribution in [0, 0.1) is 22.2 Å². The van der Waals surface area contributed by atoms with Crippen LogP contribution in [0.15, 0.2) is 24.3 Å². The molecular formula is C20H22ClN3O2. The van der Waals surface area contributed by atoms with E-state index in [1.807, 2.05) is 12.1 Å². The molecule has 0 aromatic heterocycles. The highest BCUT2D eigenvalue weighted by Crippen LogP contribution is 2.71. The molecule has 1 spiro atoms. The summed E-state index contributed by atoms with van der Waals surface area (Å²) in [6.45, 7) is 0. The number of halogens is 1. The molecule has 5 nitrogen and oxygen atoms in total. The van der Waals surface area contributed by atoms with Crippen LogP contribution in [0.3, 0.4) is 0 Å². The molecule has 136 valence electrons. The first-order valence-electron chi connectivity index (χ1n) is 9.16. The van der Waals surface area contributed by atoms with Crippen LogP contribution in [-0.4, -0.2) is 29.8 Å². The normalized spacial score (nSPS) is 31.9. The largest absolute Gasteiger partial charge is 0.349 e. The zero-order chi connectivity index (χ0) is 18.5. The van der Waals surface area contributed by atoms with Gasteiger partial charge in [-0.25, -0.2) is 0 Å². The van der Waals surface area contributed by atoms with Crippen molar-refractivity contribution in [2.24, 2.45) is 10.8 Å². The first-order valence-corrected chi connectivity index (χ1v) is 9.54. The minimum Gasteiger partial charge on any atom is -0.349 e. The number of nitrogens with zero attached hydrogens (tertiary/aromatic N) is 2. The Balaban J connectivity index is 1.56. The lowest BCUT2D eigenvalue weighted by Gasteiger charge is -2.27. The van der Waals surface area contributed by atoms with Crippen molar-refractivity contribution < 1.29 is 9.59 Å². The van der Waals surface area contributed by atoms with Gasteiger partial charge in [0.2, 0.25) is 11.8 Å². The molecule has 1 heterocycles. The fraction of sp³-hybridized carbons (Fsp3) is 0.550. The summed E-state index contributed by atoms with van der Waals surface area (Å²) < 4.78 is 0. The summed E-state index contributed by atoms with van der Waals surface area (Å²) in [5.74, 6) is -0.207. The molecule has 1 N–H and O–H groups in total. The number of carbonyl (C=O) groups excluding carboxylic acids is 2. The summed E-state index contributed by atoms with van der Waals surface area (Å²) in [5, 5.41) is 13.4. The molecule has 1 saturated heterocycles. The van der Waals surface area contributed by atoms with E-state index in [0.29, 0.717) is 11.4 Å². The van der Waals surface area contributed by atoms with Crippen LogP contribution in [0.2, 0.25) is 5.02 Å². The molecule has 1 aromatic carbocycles. The summed E-state index contributed by atoms with van der Waals surface area (Å²) in [6.07, 6.45) is 5.01. The van der Waals surface area contributed by atoms with Crippen LogP contribution in [0.1, 0.15) is 50.1 Å². The summed E-state index contributed by atoms with van der Waals surface area (Å²) >= 11 is 5.97. The van der Waals surface area contributed by atoms with E-state index in [1.165, 1.54) is 0 Å². The van der Waals surface area contributed by atoms with Gasteiger partial charge < -0.3 is 10.2 Å². The third-order valence-corrected chi connectivity index (χ3v) is 6.89. The molecule has 3 atom stereocenters. The lowest BCUT2D eigenvalue weighted by molar-refractivity contribution is -0.127. The molecule has 3 fully saturated rings. The molecule has 2 saturated carbocycles. The van der Waals surface area contributed by atoms with E-state index in [0.717, 1.165) is 31.2 Å². The Kier molecular flexibility index (Phi) is 4.00. The van der Waals surface area contributed by atoms with Crippen molar-refractivity contribution in [3.05, 3.63) is 34.9 Å². The second kappa shape index (κ2) is 5.99. The van der Waals surface area contributed by atoms with Crippen molar-refractivity contribution in [2.75, 3.05) is 7.05 Å². The standard InChI is InChI=1S/C20H22ClN3O2/c1-24-16(25)10-15(17(24)13-4-6-14(21)7-5-13)23-18(26)20(12-22)11-19(20)8-2-3-9-19/h4-7,15,17H,2-3,8-11H2,1H3,(H,23,26). The van der Waals surface area contributed by atoms with E-state index in [1.54, 1.807) is 24.1 Å². The van der Waals surface area contributed by atoms with E-state index in [9.17, 15) is 14.9 Å². The smallest absolute Gasteiger partial charge is 0.241 e. The van der Waals surface area contributed by atoms with Gasteiger partial charge in [-0.15, -0.1) is 0 Å². The van der Waals surface area contributed by atoms with Crippen LogP contribution in [0.25, 0.3) is 0 Å². The Bertz CT molecular complexity index is 794. The van der Waals surface area contributed by atoms with Gasteiger partial charge in [0.1, 0.15) is 5.41 Å². The highest BCUT2D eigenvalue weighted by Gasteiger charge is 2.73. The van der Waals surface area contributed by atoms with E-state index < -0.39 is 5.41 Å². The monoisotopic (exact) mass is 371 g/mol. The maximum Gasteiger partial charge on any atom is 0.241 e. The molecule has 1 aliphatic heterocycles. The quantitative estimate of drug-likeness (QED) is 0.886. The van der Waals surface area contributed by atoms with Crippen LogP contribution < -0.4 is 5.32 Å². The van der Waals surface area contributed by atoms with Crippen molar-refractivity contribution in [1.29, 1.82) is 5.26 Å². The van der Waals surface area contributed by atoms with Crippen molar-refractivity contribution in [2.45, 2.75) is 50.6 Å². The Hall–Kier alpha value is -2.06. The number of likely N-dealkylation sites (tertiary alicyclic amines) is 1. The van der Waals surface area contributed by atoms with E-state index in [4.69, 9.17) is 11.6 Å². The third-order valence-electron chi connectivity index (χ3n) is 6.64. The number of amides is 2. The highest BCUT2D eigenvalue weighted by atomic mass is 35.5. The Morgan fingerprint density at radius 3 is 2.58 bits per heavy atom. The number of nitrogens with one attached hydrogen (secondary N) is 1. The molecule has 2 amide bonds. The second-order valence-electron chi connectivity index (χ2n) is 7.97. The van der Waals surface area contributed by atoms with Gasteiger partial charge in [0.25, 0.3) is 0 Å². The van der Waals surface area contributed by atoms with Gasteiger partial charge in [-0.2, -0.15) is 5.26 Å². The van der Waals surface area contributed by atoms with Crippen LogP contribution in [0.4, 0.5) is 0 Å². The predicted octanol–water partition coefficient (Wildman–Crippen LogP) is 3.20. The number of likely N-dealkylation sites (N-methyl/N-ethyl adjacent to an activating group) is 1. The van der Waals surface area contributed by atoms with Crippen molar-refractivity contribution in [1.82, 2.24) is 10.2 Å². The van der Waals surface area contributed by atoms with Crippen LogP contribution >= 0.6 is 11.6 Å². The summed E-state index contributed by atoms with van der Waals surface area (Å²) in [6, 6.07) is 9.10. The molecule has 26 heavy (non-hydrogen) atoms. The molecular weight excluding hydrogens is 350 g/mol. The number of rotatable bonds is 3. The molecule has 3 aliphatic rings. The van der Waals surface area contributed by atoms with E-state index in [2.05, 4.69) is 11.4 Å². The zero-order valence-electron chi connectivity index (χ0n) is 14.8. The topological polar surface area (TPSA) is 73.2 Å². The predicted molar refractivity (Wildman–Crippen MR) is 97.1 cm³/mol. The van der Waals surface area contributed by atoms with E-state index in [-0.39, 0.29) is 35.7 Å². The Morgan fingerprint density at radius 1 is 1.31 bits per heavy atom. The SMILES string of the molecule is CN1C(=O)CC(NC(=O)C2(C#N)CC23CCCC3)C1c1ccc(Cl)cc1. The van der Waals surface area contributed by atoms with Gasteiger partial charge in [0.15, 0.2) is 0 Å². The number of hydrogen-bond donors (Lipinski definition) is 1. The first-order chi connectivity index (χ1) is 12.4. The second-order valence-corrected chi connectivity index (χ2v) is 8.40. The molecule has 0 bridgehead atoms. The maximum absolute atomic E-state index is 13.0. The lowest BCUT2D eigenvalue weighted by atomic mass is 9.90. The highest BCUT2D eigenvalue weighted by molar-refractivity contribution is 6.30. The maximum atomic E-state index is 13.0. The minimum absolute atomic E-state index is 0.00682. The number of hydrogen-bond acceptors (Lipinski definition) is 3. The molecule has 4 rings (SSSR count). The molecule has 6 heteroatoms. The summed E-state index contributed by atoms with van der Waals surface area (Å²) in [4.78, 5) is 27.0. The molecule has 0 radical (unpaired) electrons. The van der Waals surface area contributed by atoms with Crippen molar-refractivity contribution >= 4 is 23.4 Å². The Morgan fingerprint density at radius 2 is 1.96 bits per heavy atom. The van der Waals surface area contributed by atoms with Gasteiger partial charge in [0, 0.05) is 23.9 Å². The zero-order valence-corrected chi connectivity index (χ0v) is 15.6. The lowest BCUT2D eigenvalue weighted by Crippen LogP contribution is -2.43. The first kappa shape index (κ1) is 17.4. The number of carbonyl (C=O) groups is 2. The van der Waals surface area contributed by atoms with Crippen LogP contribution in [0.5, 0.6) is 0 Å². The third kappa shape index (κ3) is 2.43. The summed E-state index contributed by atoms with van der Waals surface area (Å²) in [7, 11) is 1.75. The van der Waals surface area contributed by atoms with Gasteiger partial charge in [-0.05, 0) is 37.0 Å². The number of benzene rings is 1. The molecule has 3 unspecified atom stereocenters. The van der Waals surface area contributed by atoms with Gasteiger partial charge >= 0.3 is 0 Å². The van der Waals surface area contributed by atoms with Crippen LogP contribution in [-0.2, 0) is 9.59 Å². The average molecular weight is 372 g/mol. The van der Waals surface area contributed by atoms with Gasteiger partial charge in [0.05, 0.1) is 18.2 Å². The number of nitriles is 1. The van der Waals surface area contributed by atoms with Crippen molar-refractivity contribution in [3.63, 3.8) is 0 Å². The van der Waals surface area contributed by atoms with Gasteiger partial charge in [-0.3, -0.25) is 9.59 Å². The average Bonchev–Trinajstić information content (AvgIpc) is 2.85. The van der Waals surface area contributed by atoms with Crippen molar-refractivity contribution in [3.8, 4) is 6.07 Å². The Labute approximate surface area is 158 Å². The fourth-order valence-electron chi connectivity index (χ4n) is 5.05. The molecule has 1 aromatic rings. The van der Waals surface area contributed by atoms with E-state index >= 15 is 0 Å². The van der Waals surface area contributed by atoms with Gasteiger partial charge in [-0.1, -0.05) is 36.6 Å². The summed E-state index contributed by atoms with van der Waals surface area (Å²) in [5.41, 5.74) is -0.0978. The minimum atomic E-state index is -0.905. The molecule has 2 aliphatic carbocycles.